The Morgan fingerprint density at radius 1 is 1.25 bits per heavy atom. The lowest BCUT2D eigenvalue weighted by molar-refractivity contribution is 0.613. The van der Waals surface area contributed by atoms with Gasteiger partial charge in [-0.25, -0.2) is 4.98 Å². The molecule has 20 heavy (non-hydrogen) atoms. The Hall–Kier alpha value is -1.61. The number of imidazole rings is 1. The zero-order valence-electron chi connectivity index (χ0n) is 12.3. The molecule has 1 aromatic heterocycles. The summed E-state index contributed by atoms with van der Waals surface area (Å²) in [5.41, 5.74) is 3.74. The fourth-order valence-corrected chi connectivity index (χ4v) is 2.87. The Labute approximate surface area is 120 Å². The first-order valence-electron chi connectivity index (χ1n) is 7.60. The van der Waals surface area contributed by atoms with Crippen LogP contribution in [-0.4, -0.2) is 16.5 Å². The van der Waals surface area contributed by atoms with E-state index in [1.807, 2.05) is 6.20 Å². The van der Waals surface area contributed by atoms with E-state index in [-0.39, 0.29) is 0 Å². The lowest BCUT2D eigenvalue weighted by Crippen LogP contribution is -2.14. The minimum absolute atomic E-state index is 0.406. The average molecular weight is 269 g/mol. The Bertz CT molecular complexity index is 548. The number of hydrogen-bond donors (Lipinski definition) is 2. The van der Waals surface area contributed by atoms with Crippen LogP contribution in [0.2, 0.25) is 0 Å². The van der Waals surface area contributed by atoms with Crippen LogP contribution in [0.3, 0.4) is 0 Å². The van der Waals surface area contributed by atoms with E-state index in [1.54, 1.807) is 0 Å². The third kappa shape index (κ3) is 2.93. The normalized spacial score (nSPS) is 18.9. The van der Waals surface area contributed by atoms with Crippen molar-refractivity contribution >= 4 is 0 Å². The molecule has 1 atom stereocenters. The van der Waals surface area contributed by atoms with E-state index in [0.29, 0.717) is 12.0 Å². The predicted molar refractivity (Wildman–Crippen MR) is 82.5 cm³/mol. The van der Waals surface area contributed by atoms with E-state index >= 15 is 0 Å². The maximum atomic E-state index is 4.53. The second kappa shape index (κ2) is 5.80. The summed E-state index contributed by atoms with van der Waals surface area (Å²) in [6, 6.07) is 9.24. The van der Waals surface area contributed by atoms with Gasteiger partial charge in [0.15, 0.2) is 0 Å². The van der Waals surface area contributed by atoms with Crippen LogP contribution >= 0.6 is 0 Å². The van der Waals surface area contributed by atoms with E-state index in [0.717, 1.165) is 24.5 Å². The van der Waals surface area contributed by atoms with Crippen molar-refractivity contribution < 1.29 is 0 Å². The molecule has 1 unspecified atom stereocenters. The molecule has 106 valence electrons. The third-order valence-electron chi connectivity index (χ3n) is 3.89. The van der Waals surface area contributed by atoms with Crippen LogP contribution in [0.1, 0.15) is 44.1 Å². The van der Waals surface area contributed by atoms with Gasteiger partial charge in [0.05, 0.1) is 17.9 Å². The summed E-state index contributed by atoms with van der Waals surface area (Å²) < 4.78 is 0. The molecule has 1 aromatic carbocycles. The first-order chi connectivity index (χ1) is 9.72. The van der Waals surface area contributed by atoms with Gasteiger partial charge in [0.25, 0.3) is 0 Å². The van der Waals surface area contributed by atoms with Crippen molar-refractivity contribution in [2.75, 3.05) is 6.54 Å². The number of aromatic nitrogens is 2. The van der Waals surface area contributed by atoms with E-state index in [9.17, 15) is 0 Å². The van der Waals surface area contributed by atoms with Crippen molar-refractivity contribution in [3.63, 3.8) is 0 Å². The lowest BCUT2D eigenvalue weighted by Gasteiger charge is -2.07. The van der Waals surface area contributed by atoms with E-state index in [4.69, 9.17) is 0 Å². The molecule has 2 aromatic rings. The van der Waals surface area contributed by atoms with Crippen LogP contribution < -0.4 is 5.32 Å². The van der Waals surface area contributed by atoms with Gasteiger partial charge in [-0.2, -0.15) is 0 Å². The van der Waals surface area contributed by atoms with Gasteiger partial charge in [-0.05, 0) is 42.9 Å². The summed E-state index contributed by atoms with van der Waals surface area (Å²) in [5.74, 6) is 1.77. The monoisotopic (exact) mass is 269 g/mol. The van der Waals surface area contributed by atoms with E-state index in [2.05, 4.69) is 53.4 Å². The number of hydrogen-bond acceptors (Lipinski definition) is 2. The summed E-state index contributed by atoms with van der Waals surface area (Å²) in [5, 5.41) is 3.47. The molecule has 0 spiro atoms. The number of benzene rings is 1. The van der Waals surface area contributed by atoms with Crippen molar-refractivity contribution in [2.24, 2.45) is 5.92 Å². The standard InChI is InChI=1S/C17H23N3/c1-12(2)10-13-5-7-14(8-6-13)16-11-19-17(20-16)15-4-3-9-18-15/h5-8,11-12,15,18H,3-4,9-10H2,1-2H3,(H,19,20). The highest BCUT2D eigenvalue weighted by Crippen LogP contribution is 2.24. The lowest BCUT2D eigenvalue weighted by atomic mass is 10.0. The van der Waals surface area contributed by atoms with Crippen LogP contribution in [0.4, 0.5) is 0 Å². The first kappa shape index (κ1) is 13.4. The molecule has 3 heteroatoms. The van der Waals surface area contributed by atoms with Gasteiger partial charge in [0, 0.05) is 0 Å². The average Bonchev–Trinajstić information content (AvgIpc) is 3.10. The maximum absolute atomic E-state index is 4.53. The highest BCUT2D eigenvalue weighted by molar-refractivity contribution is 5.58. The minimum Gasteiger partial charge on any atom is -0.341 e. The molecule has 1 aliphatic rings. The van der Waals surface area contributed by atoms with Crippen LogP contribution in [0, 0.1) is 5.92 Å². The van der Waals surface area contributed by atoms with Crippen molar-refractivity contribution in [1.82, 2.24) is 15.3 Å². The Kier molecular flexibility index (Phi) is 3.88. The molecule has 0 saturated carbocycles. The molecule has 2 heterocycles. The number of H-pyrrole nitrogens is 1. The molecule has 2 N–H and O–H groups in total. The van der Waals surface area contributed by atoms with Crippen LogP contribution in [-0.2, 0) is 6.42 Å². The zero-order chi connectivity index (χ0) is 13.9. The van der Waals surface area contributed by atoms with Crippen molar-refractivity contribution in [3.05, 3.63) is 41.9 Å². The fraction of sp³-hybridized carbons (Fsp3) is 0.471. The molecule has 0 bridgehead atoms. The van der Waals surface area contributed by atoms with Gasteiger partial charge in [0.2, 0.25) is 0 Å². The molecule has 1 fully saturated rings. The molecule has 1 saturated heterocycles. The largest absolute Gasteiger partial charge is 0.341 e. The summed E-state index contributed by atoms with van der Waals surface area (Å²) in [6.45, 7) is 5.61. The Morgan fingerprint density at radius 2 is 2.05 bits per heavy atom. The van der Waals surface area contributed by atoms with Gasteiger partial charge >= 0.3 is 0 Å². The molecule has 0 aliphatic carbocycles. The SMILES string of the molecule is CC(C)Cc1ccc(-c2cnc(C3CCCN3)[nH]2)cc1. The molecular weight excluding hydrogens is 246 g/mol. The third-order valence-corrected chi connectivity index (χ3v) is 3.89. The summed E-state index contributed by atoms with van der Waals surface area (Å²) in [7, 11) is 0. The van der Waals surface area contributed by atoms with Crippen molar-refractivity contribution in [1.29, 1.82) is 0 Å². The number of nitrogens with zero attached hydrogens (tertiary/aromatic N) is 1. The number of nitrogens with one attached hydrogen (secondary N) is 2. The summed E-state index contributed by atoms with van der Waals surface area (Å²) in [6.07, 6.45) is 5.51. The Morgan fingerprint density at radius 3 is 2.70 bits per heavy atom. The van der Waals surface area contributed by atoms with Gasteiger partial charge in [0.1, 0.15) is 5.82 Å². The Balaban J connectivity index is 1.75. The van der Waals surface area contributed by atoms with Crippen LogP contribution in [0.5, 0.6) is 0 Å². The molecule has 0 amide bonds. The minimum atomic E-state index is 0.406. The smallest absolute Gasteiger partial charge is 0.123 e. The molecule has 0 radical (unpaired) electrons. The molecule has 3 nitrogen and oxygen atoms in total. The summed E-state index contributed by atoms with van der Waals surface area (Å²) >= 11 is 0. The number of rotatable bonds is 4. The quantitative estimate of drug-likeness (QED) is 0.888. The first-order valence-corrected chi connectivity index (χ1v) is 7.60. The van der Waals surface area contributed by atoms with Gasteiger partial charge in [-0.3, -0.25) is 0 Å². The van der Waals surface area contributed by atoms with Crippen molar-refractivity contribution in [3.8, 4) is 11.3 Å². The fourth-order valence-electron chi connectivity index (χ4n) is 2.87. The highest BCUT2D eigenvalue weighted by atomic mass is 15.0. The van der Waals surface area contributed by atoms with E-state index < -0.39 is 0 Å². The predicted octanol–water partition coefficient (Wildman–Crippen LogP) is 3.70. The van der Waals surface area contributed by atoms with Gasteiger partial charge < -0.3 is 10.3 Å². The van der Waals surface area contributed by atoms with E-state index in [1.165, 1.54) is 24.0 Å². The second-order valence-electron chi connectivity index (χ2n) is 6.13. The van der Waals surface area contributed by atoms with Gasteiger partial charge in [-0.1, -0.05) is 38.1 Å². The number of aromatic amines is 1. The second-order valence-corrected chi connectivity index (χ2v) is 6.13. The summed E-state index contributed by atoms with van der Waals surface area (Å²) in [4.78, 5) is 7.99. The zero-order valence-corrected chi connectivity index (χ0v) is 12.3. The van der Waals surface area contributed by atoms with Crippen molar-refractivity contribution in [2.45, 2.75) is 39.2 Å². The maximum Gasteiger partial charge on any atom is 0.123 e. The van der Waals surface area contributed by atoms with Gasteiger partial charge in [-0.15, -0.1) is 0 Å². The molecule has 1 aliphatic heterocycles. The molecule has 3 rings (SSSR count). The highest BCUT2D eigenvalue weighted by Gasteiger charge is 2.19. The van der Waals surface area contributed by atoms with Crippen LogP contribution in [0.15, 0.2) is 30.5 Å². The molecular formula is C17H23N3. The van der Waals surface area contributed by atoms with Crippen LogP contribution in [0.25, 0.3) is 11.3 Å². The topological polar surface area (TPSA) is 40.7 Å².